The number of rotatable bonds is 15. The molecule has 21 nitrogen and oxygen atoms in total. The van der Waals surface area contributed by atoms with Crippen LogP contribution >= 0.6 is 22.7 Å². The highest BCUT2D eigenvalue weighted by Crippen LogP contribution is 2.38. The molecule has 88 heavy (non-hydrogen) atoms. The van der Waals surface area contributed by atoms with E-state index < -0.39 is 12.1 Å². The summed E-state index contributed by atoms with van der Waals surface area (Å²) in [7, 11) is 5.84. The molecule has 6 aromatic heterocycles. The molecule has 0 radical (unpaired) electrons. The molecule has 0 atom stereocenters. The first-order chi connectivity index (χ1) is 42.6. The molecular weight excluding hydrogens is 1170 g/mol. The first kappa shape index (κ1) is 60.9. The number of methoxy groups -OCH3 is 1. The number of ether oxygens (including phenoxy) is 3. The second-order valence-corrected chi connectivity index (χ2v) is 24.3. The van der Waals surface area contributed by atoms with Crippen LogP contribution in [0.15, 0.2) is 97.3 Å². The van der Waals surface area contributed by atoms with Crippen LogP contribution in [0, 0.1) is 0 Å². The summed E-state index contributed by atoms with van der Waals surface area (Å²) in [4.78, 5) is 60.1. The molecule has 9 aromatic rings. The van der Waals surface area contributed by atoms with Crippen LogP contribution in [0.2, 0.25) is 0 Å². The smallest absolute Gasteiger partial charge is 0.490 e. The zero-order valence-electron chi connectivity index (χ0n) is 48.8. The number of amides is 2. The maximum Gasteiger partial charge on any atom is 0.490 e. The van der Waals surface area contributed by atoms with Gasteiger partial charge >= 0.3 is 12.1 Å². The number of nitrogens with zero attached hydrogens (tertiary/aromatic N) is 9. The van der Waals surface area contributed by atoms with Gasteiger partial charge in [0, 0.05) is 83.7 Å². The van der Waals surface area contributed by atoms with E-state index in [4.69, 9.17) is 34.2 Å². The van der Waals surface area contributed by atoms with Crippen molar-refractivity contribution in [3.05, 3.63) is 135 Å². The van der Waals surface area contributed by atoms with Gasteiger partial charge < -0.3 is 39.8 Å². The van der Waals surface area contributed by atoms with Crippen molar-refractivity contribution in [2.45, 2.75) is 115 Å². The number of aromatic nitrogens is 8. The van der Waals surface area contributed by atoms with Gasteiger partial charge in [-0.05, 0) is 119 Å². The van der Waals surface area contributed by atoms with Crippen molar-refractivity contribution in [1.82, 2.24) is 49.7 Å². The zero-order chi connectivity index (χ0) is 61.3. The van der Waals surface area contributed by atoms with Gasteiger partial charge in [-0.2, -0.15) is 23.4 Å². The van der Waals surface area contributed by atoms with E-state index in [-0.39, 0.29) is 11.8 Å². The number of halogens is 3. The van der Waals surface area contributed by atoms with Gasteiger partial charge in [-0.15, -0.1) is 22.7 Å². The molecule has 4 aliphatic rings. The maximum absolute atomic E-state index is 13.0. The predicted octanol–water partition coefficient (Wildman–Crippen LogP) is 12.5. The van der Waals surface area contributed by atoms with Crippen molar-refractivity contribution in [2.24, 2.45) is 0 Å². The number of fused-ring (bicyclic) bond motifs is 4. The third kappa shape index (κ3) is 15.2. The van der Waals surface area contributed by atoms with Crippen LogP contribution in [0.4, 0.5) is 35.1 Å². The fraction of sp³-hybridized carbons (Fsp3) is 0.371. The monoisotopic (exact) mass is 1240 g/mol. The number of aromatic amines is 1. The van der Waals surface area contributed by atoms with E-state index in [0.717, 1.165) is 115 Å². The Kier molecular flexibility index (Phi) is 19.1. The van der Waals surface area contributed by atoms with Crippen LogP contribution in [0.5, 0.6) is 28.7 Å². The highest BCUT2D eigenvalue weighted by molar-refractivity contribution is 7.16. The van der Waals surface area contributed by atoms with Crippen LogP contribution in [0.1, 0.15) is 112 Å². The van der Waals surface area contributed by atoms with Crippen LogP contribution in [0.25, 0.3) is 22.1 Å². The maximum atomic E-state index is 13.0. The standard InChI is InChI=1S/C34H37N7O3S.C26H29N7O2S.C2HF3O2/c1-40-19-17-29-27(21-40)37-34(45-29)38-33(42)23-10-14-26(15-11-23)44-28-16-18-35-32-30(28)31(36-24-6-4-3-5-7-24)39-41(32)20-22-8-12-25(43-2)13-9-22;1-33-14-12-21-19(15-33)29-26(36-21)30-25(34)16-7-9-18(10-8-16)35-20-11-13-27-23-22(20)24(32-31-23)28-17-5-3-2-4-6-17;3-2(4,5)1(6)7/h8-16,18,24H,3-7,17,19-21H2,1-2H3,(H,36,39)(H,37,38,42);7-11,13,17H,2-6,12,14-15H2,1H3,(H,29,30,34)(H2,27,28,31,32);(H,6,7). The molecule has 8 heterocycles. The number of likely N-dealkylation sites (N-methyl/N-ethyl adjacent to an activating group) is 2. The molecular formula is C62H67F3N14O7S2. The molecule has 13 rings (SSSR count). The van der Waals surface area contributed by atoms with E-state index in [9.17, 15) is 22.8 Å². The number of carbonyl (C=O) groups excluding carboxylic acids is 2. The number of nitrogens with one attached hydrogen (secondary N) is 5. The topological polar surface area (TPSA) is 252 Å². The number of carbonyl (C=O) groups is 3. The first-order valence-corrected chi connectivity index (χ1v) is 30.9. The van der Waals surface area contributed by atoms with Gasteiger partial charge in [0.25, 0.3) is 11.8 Å². The van der Waals surface area contributed by atoms with Crippen molar-refractivity contribution in [3.63, 3.8) is 0 Å². The number of H-pyrrole nitrogens is 1. The Bertz CT molecular complexity index is 3880. The van der Waals surface area contributed by atoms with E-state index in [0.29, 0.717) is 68.7 Å². The number of benzene rings is 3. The van der Waals surface area contributed by atoms with Gasteiger partial charge in [0.15, 0.2) is 33.2 Å². The Morgan fingerprint density at radius 1 is 0.648 bits per heavy atom. The van der Waals surface area contributed by atoms with Gasteiger partial charge in [0.2, 0.25) is 0 Å². The largest absolute Gasteiger partial charge is 0.497 e. The SMILES string of the molecule is CN1CCc2sc(NC(=O)c3ccc(Oc4ccnc5[nH]nc(NC6CCCCC6)c45)cc3)nc2C1.COc1ccc(Cn2nc(NC3CCCCC3)c3c(Oc4ccc(C(=O)Nc5nc6c(s5)CCN(C)C6)cc4)ccnc32)cc1.O=C(O)C(F)(F)F. The number of hydrogen-bond donors (Lipinski definition) is 6. The number of pyridine rings is 2. The lowest BCUT2D eigenvalue weighted by Gasteiger charge is -2.22. The third-order valence-electron chi connectivity index (χ3n) is 15.6. The molecule has 2 aliphatic carbocycles. The predicted molar refractivity (Wildman–Crippen MR) is 331 cm³/mol. The minimum absolute atomic E-state index is 0.180. The normalized spacial score (nSPS) is 15.6. The number of anilines is 4. The van der Waals surface area contributed by atoms with E-state index in [1.165, 1.54) is 48.3 Å². The summed E-state index contributed by atoms with van der Waals surface area (Å²) >= 11 is 3.13. The first-order valence-electron chi connectivity index (χ1n) is 29.3. The molecule has 2 aliphatic heterocycles. The quantitative estimate of drug-likeness (QED) is 0.0558. The summed E-state index contributed by atoms with van der Waals surface area (Å²) in [5.41, 5.74) is 5.73. The Hall–Kier alpha value is -8.72. The molecule has 26 heteroatoms. The van der Waals surface area contributed by atoms with Crippen LogP contribution in [-0.2, 0) is 37.3 Å². The molecule has 460 valence electrons. The lowest BCUT2D eigenvalue weighted by Crippen LogP contribution is -2.25. The van der Waals surface area contributed by atoms with Crippen molar-refractivity contribution in [2.75, 3.05) is 55.6 Å². The van der Waals surface area contributed by atoms with Gasteiger partial charge in [-0.1, -0.05) is 50.7 Å². The lowest BCUT2D eigenvalue weighted by molar-refractivity contribution is -0.192. The highest BCUT2D eigenvalue weighted by atomic mass is 32.1. The van der Waals surface area contributed by atoms with Crippen LogP contribution < -0.4 is 35.5 Å². The minimum Gasteiger partial charge on any atom is -0.497 e. The second-order valence-electron chi connectivity index (χ2n) is 22.1. The number of carboxylic acid groups (broad SMARTS) is 1. The number of carboxylic acids is 1. The number of hydrogen-bond acceptors (Lipinski definition) is 18. The van der Waals surface area contributed by atoms with E-state index >= 15 is 0 Å². The highest BCUT2D eigenvalue weighted by Gasteiger charge is 2.38. The average Bonchev–Trinajstić information content (AvgIpc) is 1.93. The Morgan fingerprint density at radius 3 is 1.62 bits per heavy atom. The second kappa shape index (κ2) is 27.5. The summed E-state index contributed by atoms with van der Waals surface area (Å²) < 4.78 is 51.6. The Morgan fingerprint density at radius 2 is 1.12 bits per heavy atom. The summed E-state index contributed by atoms with van der Waals surface area (Å²) in [6.45, 7) is 4.23. The van der Waals surface area contributed by atoms with E-state index in [2.05, 4.69) is 70.3 Å². The molecule has 0 saturated heterocycles. The van der Waals surface area contributed by atoms with Crippen molar-refractivity contribution < 1.29 is 46.9 Å². The molecule has 3 aromatic carbocycles. The fourth-order valence-corrected chi connectivity index (χ4v) is 12.9. The van der Waals surface area contributed by atoms with Gasteiger partial charge in [-0.3, -0.25) is 25.3 Å². The minimum atomic E-state index is -5.08. The van der Waals surface area contributed by atoms with Crippen LogP contribution in [-0.4, -0.2) is 125 Å². The van der Waals surface area contributed by atoms with Gasteiger partial charge in [0.05, 0.1) is 25.0 Å². The number of aliphatic carboxylic acids is 1. The van der Waals surface area contributed by atoms with Crippen molar-refractivity contribution >= 4 is 84.4 Å². The molecule has 0 unspecified atom stereocenters. The average molecular weight is 1240 g/mol. The van der Waals surface area contributed by atoms with Crippen molar-refractivity contribution in [1.29, 1.82) is 0 Å². The van der Waals surface area contributed by atoms with Crippen LogP contribution in [0.3, 0.4) is 0 Å². The number of thiazole rings is 2. The lowest BCUT2D eigenvalue weighted by atomic mass is 9.95. The third-order valence-corrected chi connectivity index (χ3v) is 17.8. The Balaban J connectivity index is 0.000000167. The molecule has 6 N–H and O–H groups in total. The molecule has 2 fully saturated rings. The van der Waals surface area contributed by atoms with E-state index in [1.807, 2.05) is 53.2 Å². The molecule has 2 amide bonds. The Labute approximate surface area is 513 Å². The molecule has 0 bridgehead atoms. The summed E-state index contributed by atoms with van der Waals surface area (Å²) in [6, 6.07) is 26.8. The van der Waals surface area contributed by atoms with Gasteiger partial charge in [0.1, 0.15) is 39.5 Å². The van der Waals surface area contributed by atoms with E-state index in [1.54, 1.807) is 78.6 Å². The molecule has 0 spiro atoms. The molecule has 2 saturated carbocycles. The summed E-state index contributed by atoms with van der Waals surface area (Å²) in [6.07, 6.45) is 12.3. The fourth-order valence-electron chi connectivity index (χ4n) is 11.0. The number of alkyl halides is 3. The zero-order valence-corrected chi connectivity index (χ0v) is 50.4. The van der Waals surface area contributed by atoms with Crippen molar-refractivity contribution in [3.8, 4) is 28.7 Å². The summed E-state index contributed by atoms with van der Waals surface area (Å²) in [5.74, 6) is 1.83. The summed E-state index contributed by atoms with van der Waals surface area (Å²) in [5, 5.41) is 35.8. The van der Waals surface area contributed by atoms with Gasteiger partial charge in [-0.25, -0.2) is 29.4 Å².